The standard InChI is InChI=1S/C55H84O6/c1-4-7-10-13-16-19-22-24-26-27-29-30-33-36-39-42-45-48-54(57)60-51-52(50-59-53(56)47-44-41-38-35-32-21-18-15-12-9-6-3)61-55(58)49-46-43-40-37-34-31-28-25-23-20-17-14-11-8-5-2/h7-8,10-11,13-20,22-30,33,52H,4-6,9,12,21,31-32,34-51H2,1-3H3/b10-7-,11-8-,16-13-,17-14-,18-15-,22-19-,23-20-,26-24-,28-25-,29-27+,33-30-. The van der Waals surface area contributed by atoms with Crippen LogP contribution in [0.4, 0.5) is 0 Å². The van der Waals surface area contributed by atoms with E-state index in [0.29, 0.717) is 12.8 Å². The van der Waals surface area contributed by atoms with Crippen molar-refractivity contribution < 1.29 is 28.6 Å². The number of hydrogen-bond acceptors (Lipinski definition) is 6. The lowest BCUT2D eigenvalue weighted by atomic mass is 10.1. The fourth-order valence-electron chi connectivity index (χ4n) is 5.82. The molecule has 0 heterocycles. The van der Waals surface area contributed by atoms with E-state index in [1.165, 1.54) is 25.7 Å². The molecule has 0 radical (unpaired) electrons. The molecule has 61 heavy (non-hydrogen) atoms. The molecule has 0 aliphatic carbocycles. The molecule has 340 valence electrons. The first-order valence-electron chi connectivity index (χ1n) is 23.8. The van der Waals surface area contributed by atoms with E-state index in [4.69, 9.17) is 14.2 Å². The van der Waals surface area contributed by atoms with E-state index in [2.05, 4.69) is 69.4 Å². The summed E-state index contributed by atoms with van der Waals surface area (Å²) in [4.78, 5) is 37.9. The first-order chi connectivity index (χ1) is 30.0. The zero-order valence-corrected chi connectivity index (χ0v) is 38.6. The van der Waals surface area contributed by atoms with Gasteiger partial charge in [0.15, 0.2) is 6.10 Å². The molecule has 0 aliphatic heterocycles. The molecule has 0 aromatic carbocycles. The molecule has 0 saturated carbocycles. The molecule has 1 unspecified atom stereocenters. The average Bonchev–Trinajstić information content (AvgIpc) is 3.26. The molecule has 0 aromatic heterocycles. The summed E-state index contributed by atoms with van der Waals surface area (Å²) < 4.78 is 16.7. The first kappa shape index (κ1) is 56.5. The summed E-state index contributed by atoms with van der Waals surface area (Å²) in [6.07, 6.45) is 67.1. The van der Waals surface area contributed by atoms with Gasteiger partial charge in [-0.2, -0.15) is 0 Å². The van der Waals surface area contributed by atoms with Crippen molar-refractivity contribution in [3.63, 3.8) is 0 Å². The number of ether oxygens (including phenoxy) is 3. The molecule has 0 aliphatic rings. The third kappa shape index (κ3) is 46.5. The van der Waals surface area contributed by atoms with Gasteiger partial charge in [-0.3, -0.25) is 14.4 Å². The molecule has 0 fully saturated rings. The summed E-state index contributed by atoms with van der Waals surface area (Å²) in [5.74, 6) is -1.00. The highest BCUT2D eigenvalue weighted by Crippen LogP contribution is 2.12. The normalized spacial score (nSPS) is 13.3. The predicted octanol–water partition coefficient (Wildman–Crippen LogP) is 15.5. The van der Waals surface area contributed by atoms with Gasteiger partial charge in [-0.25, -0.2) is 0 Å². The fourth-order valence-corrected chi connectivity index (χ4v) is 5.82. The van der Waals surface area contributed by atoms with Crippen LogP contribution in [0.25, 0.3) is 0 Å². The van der Waals surface area contributed by atoms with Crippen molar-refractivity contribution >= 4 is 17.9 Å². The molecule has 0 rings (SSSR count). The van der Waals surface area contributed by atoms with Gasteiger partial charge in [0, 0.05) is 19.3 Å². The zero-order chi connectivity index (χ0) is 44.4. The largest absolute Gasteiger partial charge is 0.462 e. The third-order valence-electron chi connectivity index (χ3n) is 9.38. The van der Waals surface area contributed by atoms with E-state index in [1.54, 1.807) is 0 Å². The Morgan fingerprint density at radius 2 is 0.656 bits per heavy atom. The van der Waals surface area contributed by atoms with Crippen LogP contribution in [0.15, 0.2) is 134 Å². The van der Waals surface area contributed by atoms with Gasteiger partial charge in [0.1, 0.15) is 13.2 Å². The number of carbonyl (C=O) groups excluding carboxylic acids is 3. The van der Waals surface area contributed by atoms with Gasteiger partial charge >= 0.3 is 17.9 Å². The van der Waals surface area contributed by atoms with Crippen LogP contribution in [0, 0.1) is 0 Å². The van der Waals surface area contributed by atoms with Gasteiger partial charge in [-0.1, -0.05) is 212 Å². The predicted molar refractivity (Wildman–Crippen MR) is 260 cm³/mol. The van der Waals surface area contributed by atoms with Crippen molar-refractivity contribution in [2.24, 2.45) is 0 Å². The van der Waals surface area contributed by atoms with E-state index < -0.39 is 6.10 Å². The summed E-state index contributed by atoms with van der Waals surface area (Å²) in [6.45, 7) is 6.21. The molecule has 1 atom stereocenters. The van der Waals surface area contributed by atoms with Crippen molar-refractivity contribution in [3.8, 4) is 0 Å². The molecule has 6 nitrogen and oxygen atoms in total. The average molecular weight is 841 g/mol. The topological polar surface area (TPSA) is 78.9 Å². The number of unbranched alkanes of at least 4 members (excludes halogenated alkanes) is 15. The zero-order valence-electron chi connectivity index (χ0n) is 38.6. The molecule has 0 spiro atoms. The van der Waals surface area contributed by atoms with Crippen LogP contribution in [0.1, 0.15) is 175 Å². The summed E-state index contributed by atoms with van der Waals surface area (Å²) in [6, 6.07) is 0. The summed E-state index contributed by atoms with van der Waals surface area (Å²) in [5, 5.41) is 0. The number of rotatable bonds is 40. The highest BCUT2D eigenvalue weighted by Gasteiger charge is 2.19. The lowest BCUT2D eigenvalue weighted by Gasteiger charge is -2.18. The molecule has 0 saturated heterocycles. The quantitative estimate of drug-likeness (QED) is 0.0201. The van der Waals surface area contributed by atoms with Gasteiger partial charge in [0.25, 0.3) is 0 Å². The van der Waals surface area contributed by atoms with E-state index in [-0.39, 0.29) is 37.5 Å². The van der Waals surface area contributed by atoms with Crippen LogP contribution in [-0.4, -0.2) is 37.2 Å². The van der Waals surface area contributed by atoms with E-state index >= 15 is 0 Å². The number of hydrogen-bond donors (Lipinski definition) is 0. The molecular weight excluding hydrogens is 757 g/mol. The van der Waals surface area contributed by atoms with E-state index in [9.17, 15) is 14.4 Å². The monoisotopic (exact) mass is 841 g/mol. The van der Waals surface area contributed by atoms with Crippen molar-refractivity contribution in [1.82, 2.24) is 0 Å². The van der Waals surface area contributed by atoms with Crippen LogP contribution < -0.4 is 0 Å². The van der Waals surface area contributed by atoms with E-state index in [0.717, 1.165) is 109 Å². The maximum Gasteiger partial charge on any atom is 0.306 e. The SMILES string of the molecule is CC\C=C/C=C\C=C/C=C\C=C\C=C/CCCCCC(=O)OCC(COC(=O)CCCCCCC/C=C\CCCC)OC(=O)CCCCCCC\C=C/C=C\C=C/C=C\CC. The maximum atomic E-state index is 12.8. The molecule has 0 N–H and O–H groups in total. The lowest BCUT2D eigenvalue weighted by Crippen LogP contribution is -2.30. The second-order valence-corrected chi connectivity index (χ2v) is 15.1. The Morgan fingerprint density at radius 3 is 1.07 bits per heavy atom. The Hall–Kier alpha value is -4.45. The van der Waals surface area contributed by atoms with Crippen molar-refractivity contribution in [3.05, 3.63) is 134 Å². The highest BCUT2D eigenvalue weighted by molar-refractivity contribution is 5.71. The van der Waals surface area contributed by atoms with Crippen LogP contribution in [0.2, 0.25) is 0 Å². The minimum absolute atomic E-state index is 0.112. The summed E-state index contributed by atoms with van der Waals surface area (Å²) in [7, 11) is 0. The minimum Gasteiger partial charge on any atom is -0.462 e. The van der Waals surface area contributed by atoms with Gasteiger partial charge in [-0.15, -0.1) is 0 Å². The number of carbonyl (C=O) groups is 3. The smallest absolute Gasteiger partial charge is 0.306 e. The molecule has 0 amide bonds. The molecule has 0 aromatic rings. The highest BCUT2D eigenvalue weighted by atomic mass is 16.6. The van der Waals surface area contributed by atoms with Crippen molar-refractivity contribution in [1.29, 1.82) is 0 Å². The Morgan fingerprint density at radius 1 is 0.344 bits per heavy atom. The van der Waals surface area contributed by atoms with Crippen LogP contribution in [0.3, 0.4) is 0 Å². The van der Waals surface area contributed by atoms with Gasteiger partial charge in [-0.05, 0) is 77.0 Å². The van der Waals surface area contributed by atoms with Gasteiger partial charge < -0.3 is 14.2 Å². The Balaban J connectivity index is 4.56. The van der Waals surface area contributed by atoms with Crippen molar-refractivity contribution in [2.45, 2.75) is 181 Å². The summed E-state index contributed by atoms with van der Waals surface area (Å²) >= 11 is 0. The number of esters is 3. The first-order valence-corrected chi connectivity index (χ1v) is 23.8. The van der Waals surface area contributed by atoms with Crippen LogP contribution in [-0.2, 0) is 28.6 Å². The second kappa shape index (κ2) is 48.2. The maximum absolute atomic E-state index is 12.8. The molecule has 6 heteroatoms. The Kier molecular flexibility index (Phi) is 44.7. The van der Waals surface area contributed by atoms with Gasteiger partial charge in [0.05, 0.1) is 0 Å². The second-order valence-electron chi connectivity index (χ2n) is 15.1. The van der Waals surface area contributed by atoms with E-state index in [1.807, 2.05) is 85.1 Å². The van der Waals surface area contributed by atoms with Crippen LogP contribution >= 0.6 is 0 Å². The van der Waals surface area contributed by atoms with Crippen LogP contribution in [0.5, 0.6) is 0 Å². The third-order valence-corrected chi connectivity index (χ3v) is 9.38. The minimum atomic E-state index is -0.816. The Bertz CT molecular complexity index is 1380. The summed E-state index contributed by atoms with van der Waals surface area (Å²) in [5.41, 5.74) is 0. The fraction of sp³-hybridized carbons (Fsp3) is 0.545. The van der Waals surface area contributed by atoms with Crippen molar-refractivity contribution in [2.75, 3.05) is 13.2 Å². The molecule has 0 bridgehead atoms. The Labute approximate surface area is 373 Å². The molecular formula is C55H84O6. The van der Waals surface area contributed by atoms with Gasteiger partial charge in [0.2, 0.25) is 0 Å². The number of allylic oxidation sites excluding steroid dienone is 22. The lowest BCUT2D eigenvalue weighted by molar-refractivity contribution is -0.167.